The number of carbonyl (C=O) groups excluding carboxylic acids is 2. The fourth-order valence-corrected chi connectivity index (χ4v) is 3.69. The van der Waals surface area contributed by atoms with Crippen LogP contribution in [0.2, 0.25) is 0 Å². The molecular formula is C21H24N2O8S. The molecule has 2 aromatic rings. The summed E-state index contributed by atoms with van der Waals surface area (Å²) in [5, 5.41) is 23.2. The van der Waals surface area contributed by atoms with Gasteiger partial charge in [-0.3, -0.25) is 4.79 Å². The van der Waals surface area contributed by atoms with Gasteiger partial charge in [0, 0.05) is 16.1 Å². The number of carboxylic acid groups (broad SMARTS) is 2. The summed E-state index contributed by atoms with van der Waals surface area (Å²) in [6, 6.07) is 6.61. The van der Waals surface area contributed by atoms with Crippen molar-refractivity contribution in [1.82, 2.24) is 5.32 Å². The third-order valence-corrected chi connectivity index (χ3v) is 5.16. The Hall–Kier alpha value is -3.60. The van der Waals surface area contributed by atoms with Crippen molar-refractivity contribution in [3.63, 3.8) is 0 Å². The fourth-order valence-electron chi connectivity index (χ4n) is 2.60. The number of amides is 2. The Morgan fingerprint density at radius 1 is 1.06 bits per heavy atom. The molecule has 0 unspecified atom stereocenters. The second-order valence-corrected chi connectivity index (χ2v) is 8.70. The van der Waals surface area contributed by atoms with Gasteiger partial charge in [0.1, 0.15) is 17.9 Å². The molecule has 0 radical (unpaired) electrons. The fraction of sp³-hybridized carbons (Fsp3) is 0.333. The van der Waals surface area contributed by atoms with Crippen LogP contribution in [0.3, 0.4) is 0 Å². The van der Waals surface area contributed by atoms with Crippen molar-refractivity contribution in [3.8, 4) is 16.2 Å². The Bertz CT molecular complexity index is 1020. The van der Waals surface area contributed by atoms with Gasteiger partial charge in [0.25, 0.3) is 0 Å². The first-order valence-electron chi connectivity index (χ1n) is 9.46. The van der Waals surface area contributed by atoms with Crippen molar-refractivity contribution in [2.75, 3.05) is 18.5 Å². The van der Waals surface area contributed by atoms with E-state index in [1.165, 1.54) is 0 Å². The van der Waals surface area contributed by atoms with E-state index in [1.807, 2.05) is 0 Å². The van der Waals surface area contributed by atoms with Crippen molar-refractivity contribution in [2.24, 2.45) is 0 Å². The first-order valence-corrected chi connectivity index (χ1v) is 10.3. The summed E-state index contributed by atoms with van der Waals surface area (Å²) in [4.78, 5) is 46.5. The Balaban J connectivity index is 2.08. The van der Waals surface area contributed by atoms with E-state index in [-0.39, 0.29) is 17.2 Å². The number of carboxylic acids is 2. The van der Waals surface area contributed by atoms with Gasteiger partial charge in [-0.15, -0.1) is 11.3 Å². The molecule has 0 bridgehead atoms. The monoisotopic (exact) mass is 464 g/mol. The highest BCUT2D eigenvalue weighted by Gasteiger charge is 2.23. The summed E-state index contributed by atoms with van der Waals surface area (Å²) in [7, 11) is 0. The predicted octanol–water partition coefficient (Wildman–Crippen LogP) is 3.35. The maximum absolute atomic E-state index is 12.0. The molecule has 0 aliphatic rings. The van der Waals surface area contributed by atoms with Gasteiger partial charge in [0.2, 0.25) is 5.91 Å². The summed E-state index contributed by atoms with van der Waals surface area (Å²) in [6.45, 7) is 5.86. The van der Waals surface area contributed by atoms with Gasteiger partial charge < -0.3 is 30.3 Å². The van der Waals surface area contributed by atoms with Gasteiger partial charge in [-0.25, -0.2) is 14.4 Å². The molecule has 0 saturated carbocycles. The number of aliphatic carboxylic acids is 1. The molecular weight excluding hydrogens is 440 g/mol. The van der Waals surface area contributed by atoms with Crippen LogP contribution in [-0.4, -0.2) is 52.9 Å². The number of anilines is 1. The summed E-state index contributed by atoms with van der Waals surface area (Å²) in [5.74, 6) is -2.86. The van der Waals surface area contributed by atoms with Gasteiger partial charge in [0.05, 0.1) is 0 Å². The van der Waals surface area contributed by atoms with Gasteiger partial charge in [-0.2, -0.15) is 0 Å². The van der Waals surface area contributed by atoms with Crippen LogP contribution >= 0.6 is 11.3 Å². The third-order valence-electron chi connectivity index (χ3n) is 3.85. The summed E-state index contributed by atoms with van der Waals surface area (Å²) in [6.07, 6.45) is -0.702. The minimum atomic E-state index is -1.22. The summed E-state index contributed by atoms with van der Waals surface area (Å²) in [5.41, 5.74) is 0.979. The summed E-state index contributed by atoms with van der Waals surface area (Å²) >= 11 is 0.968. The molecule has 10 nitrogen and oxygen atoms in total. The maximum atomic E-state index is 12.0. The topological polar surface area (TPSA) is 151 Å². The quantitative estimate of drug-likeness (QED) is 0.464. The van der Waals surface area contributed by atoms with Crippen molar-refractivity contribution < 1.29 is 38.9 Å². The van der Waals surface area contributed by atoms with E-state index in [9.17, 15) is 24.3 Å². The van der Waals surface area contributed by atoms with E-state index >= 15 is 0 Å². The van der Waals surface area contributed by atoms with E-state index in [4.69, 9.17) is 14.6 Å². The van der Waals surface area contributed by atoms with Crippen LogP contribution in [0.25, 0.3) is 10.4 Å². The lowest BCUT2D eigenvalue weighted by atomic mass is 10.1. The van der Waals surface area contributed by atoms with Crippen LogP contribution in [-0.2, 0) is 14.3 Å². The number of nitrogens with one attached hydrogen (secondary N) is 2. The van der Waals surface area contributed by atoms with Crippen molar-refractivity contribution in [1.29, 1.82) is 0 Å². The molecule has 32 heavy (non-hydrogen) atoms. The van der Waals surface area contributed by atoms with E-state index in [0.717, 1.165) is 11.3 Å². The summed E-state index contributed by atoms with van der Waals surface area (Å²) < 4.78 is 10.2. The molecule has 2 rings (SSSR count). The van der Waals surface area contributed by atoms with Crippen LogP contribution in [0, 0.1) is 6.92 Å². The SMILES string of the molecule is Cc1c(-c2ccc(NC(=O)CNC(=O)OC(C)(C)C)cc2)sc(C(=O)O)c1OCC(=O)O. The lowest BCUT2D eigenvalue weighted by Crippen LogP contribution is -2.37. The standard InChI is InChI=1S/C21H24N2O8S/c1-11-16(30-10-15(25)26)18(19(27)28)32-17(11)12-5-7-13(8-6-12)23-14(24)9-22-20(29)31-21(2,3)4/h5-8H,9-10H2,1-4H3,(H,22,29)(H,23,24)(H,25,26)(H,27,28). The molecule has 0 aliphatic heterocycles. The number of aromatic carboxylic acids is 1. The molecule has 1 aromatic carbocycles. The van der Waals surface area contributed by atoms with E-state index in [0.29, 0.717) is 21.7 Å². The van der Waals surface area contributed by atoms with Crippen molar-refractivity contribution in [2.45, 2.75) is 33.3 Å². The molecule has 4 N–H and O–H groups in total. The Labute approximate surface area is 188 Å². The molecule has 0 spiro atoms. The highest BCUT2D eigenvalue weighted by molar-refractivity contribution is 7.18. The Kier molecular flexibility index (Phi) is 7.82. The van der Waals surface area contributed by atoms with Crippen molar-refractivity contribution in [3.05, 3.63) is 34.7 Å². The highest BCUT2D eigenvalue weighted by Crippen LogP contribution is 2.41. The number of benzene rings is 1. The molecule has 172 valence electrons. The number of rotatable bonds is 8. The van der Waals surface area contributed by atoms with E-state index in [1.54, 1.807) is 52.0 Å². The average molecular weight is 464 g/mol. The maximum Gasteiger partial charge on any atom is 0.408 e. The third kappa shape index (κ3) is 6.98. The van der Waals surface area contributed by atoms with Crippen LogP contribution in [0.4, 0.5) is 10.5 Å². The molecule has 0 saturated heterocycles. The average Bonchev–Trinajstić information content (AvgIpc) is 3.01. The zero-order chi connectivity index (χ0) is 24.1. The minimum absolute atomic E-state index is 0.0190. The van der Waals surface area contributed by atoms with Crippen LogP contribution in [0.15, 0.2) is 24.3 Å². The number of hydrogen-bond donors (Lipinski definition) is 4. The largest absolute Gasteiger partial charge is 0.480 e. The minimum Gasteiger partial charge on any atom is -0.480 e. The number of alkyl carbamates (subject to hydrolysis) is 1. The second kappa shape index (κ2) is 10.1. The van der Waals surface area contributed by atoms with Crippen LogP contribution in [0.5, 0.6) is 5.75 Å². The Morgan fingerprint density at radius 2 is 1.69 bits per heavy atom. The number of carbonyl (C=O) groups is 4. The zero-order valence-electron chi connectivity index (χ0n) is 18.0. The predicted molar refractivity (Wildman–Crippen MR) is 117 cm³/mol. The van der Waals surface area contributed by atoms with E-state index < -0.39 is 36.1 Å². The lowest BCUT2D eigenvalue weighted by Gasteiger charge is -2.19. The second-order valence-electron chi connectivity index (χ2n) is 7.68. The molecule has 0 fully saturated rings. The molecule has 2 amide bonds. The number of hydrogen-bond acceptors (Lipinski definition) is 7. The first kappa shape index (κ1) is 24.7. The van der Waals surface area contributed by atoms with Gasteiger partial charge in [0.15, 0.2) is 11.5 Å². The smallest absolute Gasteiger partial charge is 0.408 e. The van der Waals surface area contributed by atoms with Crippen LogP contribution < -0.4 is 15.4 Å². The molecule has 1 heterocycles. The number of thiophene rings is 1. The number of ether oxygens (including phenoxy) is 2. The van der Waals surface area contributed by atoms with Crippen LogP contribution in [0.1, 0.15) is 36.0 Å². The highest BCUT2D eigenvalue weighted by atomic mass is 32.1. The normalized spacial score (nSPS) is 10.9. The van der Waals surface area contributed by atoms with Gasteiger partial charge in [-0.1, -0.05) is 12.1 Å². The van der Waals surface area contributed by atoms with Gasteiger partial charge in [-0.05, 0) is 45.4 Å². The van der Waals surface area contributed by atoms with Crippen molar-refractivity contribution >= 4 is 41.0 Å². The Morgan fingerprint density at radius 3 is 2.22 bits per heavy atom. The first-order chi connectivity index (χ1) is 14.9. The molecule has 0 atom stereocenters. The zero-order valence-corrected chi connectivity index (χ0v) is 18.8. The molecule has 0 aliphatic carbocycles. The van der Waals surface area contributed by atoms with E-state index in [2.05, 4.69) is 10.6 Å². The lowest BCUT2D eigenvalue weighted by molar-refractivity contribution is -0.139. The molecule has 1 aromatic heterocycles. The molecule has 11 heteroatoms. The van der Waals surface area contributed by atoms with Gasteiger partial charge >= 0.3 is 18.0 Å².